The van der Waals surface area contributed by atoms with Crippen molar-refractivity contribution in [1.29, 1.82) is 0 Å². The predicted octanol–water partition coefficient (Wildman–Crippen LogP) is 3.92. The van der Waals surface area contributed by atoms with Crippen molar-refractivity contribution in [2.75, 3.05) is 31.1 Å². The highest BCUT2D eigenvalue weighted by atomic mass is 16.2. The van der Waals surface area contributed by atoms with Gasteiger partial charge in [-0.25, -0.2) is 4.98 Å². The number of fused-ring (bicyclic) bond motifs is 1. The first-order valence-electron chi connectivity index (χ1n) is 12.3. The Balaban J connectivity index is 1.26. The summed E-state index contributed by atoms with van der Waals surface area (Å²) in [4.78, 5) is 35.2. The number of carbonyl (C=O) groups excluding carboxylic acids is 1. The van der Waals surface area contributed by atoms with E-state index in [-0.39, 0.29) is 11.5 Å². The molecule has 2 heterocycles. The standard InChI is InChI=1S/C29H30N4O2/c34-28(32-21-19-31(20-22-32)24-11-5-2-6-12-24)16-15-26-29(35)33(18-17-23-9-3-1-4-10-23)27-14-8-7-13-25(27)30-26/h1-14H,15-22H2. The first-order chi connectivity index (χ1) is 17.2. The van der Waals surface area contributed by atoms with Crippen molar-refractivity contribution < 1.29 is 4.79 Å². The zero-order valence-corrected chi connectivity index (χ0v) is 19.8. The van der Waals surface area contributed by atoms with Crippen LogP contribution < -0.4 is 10.5 Å². The molecule has 3 aromatic carbocycles. The molecule has 1 fully saturated rings. The van der Waals surface area contributed by atoms with Gasteiger partial charge >= 0.3 is 0 Å². The molecule has 5 rings (SSSR count). The summed E-state index contributed by atoms with van der Waals surface area (Å²) in [6, 6.07) is 28.2. The summed E-state index contributed by atoms with van der Waals surface area (Å²) in [6.45, 7) is 3.60. The van der Waals surface area contributed by atoms with E-state index >= 15 is 0 Å². The number of nitrogens with zero attached hydrogens (tertiary/aromatic N) is 4. The Morgan fingerprint density at radius 1 is 0.771 bits per heavy atom. The number of benzene rings is 3. The van der Waals surface area contributed by atoms with Gasteiger partial charge in [-0.2, -0.15) is 0 Å². The maximum absolute atomic E-state index is 13.4. The van der Waals surface area contributed by atoms with Crippen molar-refractivity contribution in [3.8, 4) is 0 Å². The Bertz CT molecular complexity index is 1340. The molecule has 0 radical (unpaired) electrons. The second kappa shape index (κ2) is 10.6. The lowest BCUT2D eigenvalue weighted by Crippen LogP contribution is -2.48. The minimum absolute atomic E-state index is 0.0860. The van der Waals surface area contributed by atoms with E-state index in [1.54, 1.807) is 0 Å². The quantitative estimate of drug-likeness (QED) is 0.414. The molecule has 0 bridgehead atoms. The molecule has 0 N–H and O–H groups in total. The number of aryl methyl sites for hydroxylation is 3. The SMILES string of the molecule is O=C(CCc1nc2ccccc2n(CCc2ccccc2)c1=O)N1CCN(c2ccccc2)CC1. The number of rotatable bonds is 7. The van der Waals surface area contributed by atoms with Crippen molar-refractivity contribution in [3.63, 3.8) is 0 Å². The highest BCUT2D eigenvalue weighted by molar-refractivity contribution is 5.77. The Labute approximate surface area is 205 Å². The number of hydrogen-bond donors (Lipinski definition) is 0. The normalized spacial score (nSPS) is 13.8. The van der Waals surface area contributed by atoms with Crippen LogP contribution in [-0.4, -0.2) is 46.5 Å². The third kappa shape index (κ3) is 5.27. The van der Waals surface area contributed by atoms with Gasteiger partial charge in [0.2, 0.25) is 5.91 Å². The van der Waals surface area contributed by atoms with Gasteiger partial charge in [-0.3, -0.25) is 9.59 Å². The molecule has 6 nitrogen and oxygen atoms in total. The van der Waals surface area contributed by atoms with Crippen LogP contribution in [0.5, 0.6) is 0 Å². The van der Waals surface area contributed by atoms with Crippen molar-refractivity contribution >= 4 is 22.6 Å². The second-order valence-corrected chi connectivity index (χ2v) is 8.94. The van der Waals surface area contributed by atoms with Crippen molar-refractivity contribution in [2.24, 2.45) is 0 Å². The largest absolute Gasteiger partial charge is 0.368 e. The van der Waals surface area contributed by atoms with Crippen molar-refractivity contribution in [2.45, 2.75) is 25.8 Å². The van der Waals surface area contributed by atoms with Crippen LogP contribution in [0.25, 0.3) is 11.0 Å². The van der Waals surface area contributed by atoms with Crippen LogP contribution in [0.4, 0.5) is 5.69 Å². The molecule has 0 atom stereocenters. The molecule has 1 aliphatic rings. The molecule has 0 saturated carbocycles. The molecule has 0 unspecified atom stereocenters. The molecule has 1 saturated heterocycles. The smallest absolute Gasteiger partial charge is 0.272 e. The topological polar surface area (TPSA) is 58.4 Å². The Kier molecular flexibility index (Phi) is 6.89. The lowest BCUT2D eigenvalue weighted by atomic mass is 10.1. The Morgan fingerprint density at radius 3 is 2.17 bits per heavy atom. The fourth-order valence-corrected chi connectivity index (χ4v) is 4.75. The van der Waals surface area contributed by atoms with Crippen LogP contribution in [-0.2, 0) is 24.2 Å². The summed E-state index contributed by atoms with van der Waals surface area (Å²) in [5.41, 5.74) is 4.37. The second-order valence-electron chi connectivity index (χ2n) is 8.94. The first kappa shape index (κ1) is 22.8. The lowest BCUT2D eigenvalue weighted by Gasteiger charge is -2.36. The van der Waals surface area contributed by atoms with Gasteiger partial charge in [0.25, 0.3) is 5.56 Å². The molecule has 0 spiro atoms. The highest BCUT2D eigenvalue weighted by Crippen LogP contribution is 2.17. The average Bonchev–Trinajstić information content (AvgIpc) is 2.92. The molecular weight excluding hydrogens is 436 g/mol. The number of piperazine rings is 1. The van der Waals surface area contributed by atoms with Crippen LogP contribution >= 0.6 is 0 Å². The third-order valence-electron chi connectivity index (χ3n) is 6.72. The van der Waals surface area contributed by atoms with Gasteiger partial charge in [0.15, 0.2) is 0 Å². The minimum atomic E-state index is -0.0960. The predicted molar refractivity (Wildman–Crippen MR) is 140 cm³/mol. The van der Waals surface area contributed by atoms with E-state index in [2.05, 4.69) is 34.1 Å². The van der Waals surface area contributed by atoms with Crippen molar-refractivity contribution in [3.05, 3.63) is 107 Å². The number of anilines is 1. The van der Waals surface area contributed by atoms with Gasteiger partial charge in [-0.15, -0.1) is 0 Å². The van der Waals surface area contributed by atoms with Gasteiger partial charge < -0.3 is 14.4 Å². The van der Waals surface area contributed by atoms with Gasteiger partial charge in [0.1, 0.15) is 5.69 Å². The number of para-hydroxylation sites is 3. The van der Waals surface area contributed by atoms with Gasteiger partial charge in [-0.1, -0.05) is 60.7 Å². The van der Waals surface area contributed by atoms with E-state index in [1.807, 2.05) is 70.1 Å². The molecule has 178 valence electrons. The molecule has 4 aromatic rings. The van der Waals surface area contributed by atoms with Crippen LogP contribution in [0.2, 0.25) is 0 Å². The lowest BCUT2D eigenvalue weighted by molar-refractivity contribution is -0.131. The maximum Gasteiger partial charge on any atom is 0.272 e. The summed E-state index contributed by atoms with van der Waals surface area (Å²) in [5, 5.41) is 0. The van der Waals surface area contributed by atoms with Gasteiger partial charge in [-0.05, 0) is 36.2 Å². The highest BCUT2D eigenvalue weighted by Gasteiger charge is 2.22. The number of carbonyl (C=O) groups is 1. The monoisotopic (exact) mass is 466 g/mol. The first-order valence-corrected chi connectivity index (χ1v) is 12.3. The number of aromatic nitrogens is 2. The van der Waals surface area contributed by atoms with Gasteiger partial charge in [0.05, 0.1) is 11.0 Å². The van der Waals surface area contributed by atoms with E-state index in [9.17, 15) is 9.59 Å². The molecule has 1 aromatic heterocycles. The summed E-state index contributed by atoms with van der Waals surface area (Å²) in [7, 11) is 0. The minimum Gasteiger partial charge on any atom is -0.368 e. The summed E-state index contributed by atoms with van der Waals surface area (Å²) >= 11 is 0. The molecule has 0 aliphatic carbocycles. The summed E-state index contributed by atoms with van der Waals surface area (Å²) < 4.78 is 1.81. The number of hydrogen-bond acceptors (Lipinski definition) is 4. The fourth-order valence-electron chi connectivity index (χ4n) is 4.75. The van der Waals surface area contributed by atoms with E-state index in [0.29, 0.717) is 38.2 Å². The van der Waals surface area contributed by atoms with E-state index in [0.717, 1.165) is 30.5 Å². The zero-order chi connectivity index (χ0) is 24.0. The van der Waals surface area contributed by atoms with Crippen LogP contribution in [0.15, 0.2) is 89.7 Å². The Hall–Kier alpha value is -3.93. The van der Waals surface area contributed by atoms with Crippen molar-refractivity contribution in [1.82, 2.24) is 14.5 Å². The van der Waals surface area contributed by atoms with Crippen LogP contribution in [0.3, 0.4) is 0 Å². The van der Waals surface area contributed by atoms with E-state index in [1.165, 1.54) is 11.3 Å². The maximum atomic E-state index is 13.4. The van der Waals surface area contributed by atoms with Gasteiger partial charge in [0, 0.05) is 51.3 Å². The summed E-state index contributed by atoms with van der Waals surface area (Å²) in [6.07, 6.45) is 1.41. The number of amides is 1. The van der Waals surface area contributed by atoms with E-state index < -0.39 is 0 Å². The van der Waals surface area contributed by atoms with Crippen LogP contribution in [0, 0.1) is 0 Å². The third-order valence-corrected chi connectivity index (χ3v) is 6.72. The zero-order valence-electron chi connectivity index (χ0n) is 19.8. The molecule has 1 amide bonds. The summed E-state index contributed by atoms with van der Waals surface area (Å²) in [5.74, 6) is 0.0860. The molecular formula is C29H30N4O2. The van der Waals surface area contributed by atoms with Crippen LogP contribution in [0.1, 0.15) is 17.7 Å². The fraction of sp³-hybridized carbons (Fsp3) is 0.276. The molecule has 1 aliphatic heterocycles. The van der Waals surface area contributed by atoms with E-state index in [4.69, 9.17) is 0 Å². The molecule has 6 heteroatoms. The average molecular weight is 467 g/mol. The Morgan fingerprint density at radius 2 is 1.43 bits per heavy atom. The molecule has 35 heavy (non-hydrogen) atoms.